The minimum Gasteiger partial charge on any atom is -0.383 e. The van der Waals surface area contributed by atoms with E-state index in [0.717, 1.165) is 17.3 Å². The van der Waals surface area contributed by atoms with E-state index in [9.17, 15) is 9.59 Å². The predicted molar refractivity (Wildman–Crippen MR) is 86.9 cm³/mol. The molecule has 124 valence electrons. The Morgan fingerprint density at radius 1 is 1.36 bits per heavy atom. The van der Waals surface area contributed by atoms with Gasteiger partial charge in [-0.25, -0.2) is 9.79 Å². The maximum Gasteiger partial charge on any atom is 0.325 e. The fourth-order valence-electron chi connectivity index (χ4n) is 2.56. The number of imide groups is 1. The fourth-order valence-corrected chi connectivity index (χ4v) is 3.65. The largest absolute Gasteiger partial charge is 0.383 e. The SMILES string of the molecule is CCCCCSC1=NC2C(C(=O)NC(=O)N2C)N1CCOC. The van der Waals surface area contributed by atoms with E-state index in [1.807, 2.05) is 4.90 Å². The molecular weight excluding hydrogens is 304 g/mol. The van der Waals surface area contributed by atoms with Crippen LogP contribution in [0.5, 0.6) is 0 Å². The van der Waals surface area contributed by atoms with E-state index in [1.54, 1.807) is 25.9 Å². The Morgan fingerprint density at radius 2 is 2.14 bits per heavy atom. The van der Waals surface area contributed by atoms with Crippen molar-refractivity contribution in [1.29, 1.82) is 0 Å². The summed E-state index contributed by atoms with van der Waals surface area (Å²) in [5.41, 5.74) is 0. The van der Waals surface area contributed by atoms with E-state index in [2.05, 4.69) is 17.2 Å². The van der Waals surface area contributed by atoms with Gasteiger partial charge in [-0.1, -0.05) is 31.5 Å². The van der Waals surface area contributed by atoms with Crippen LogP contribution < -0.4 is 5.32 Å². The number of likely N-dealkylation sites (N-methyl/N-ethyl adjacent to an activating group) is 1. The van der Waals surface area contributed by atoms with Crippen LogP contribution in [-0.4, -0.2) is 72.2 Å². The summed E-state index contributed by atoms with van der Waals surface area (Å²) in [6.45, 7) is 3.28. The molecule has 2 atom stereocenters. The summed E-state index contributed by atoms with van der Waals surface area (Å²) in [6.07, 6.45) is 3.04. The summed E-state index contributed by atoms with van der Waals surface area (Å²) in [5, 5.41) is 3.22. The van der Waals surface area contributed by atoms with Gasteiger partial charge in [-0.2, -0.15) is 0 Å². The van der Waals surface area contributed by atoms with Gasteiger partial charge in [-0.15, -0.1) is 0 Å². The van der Waals surface area contributed by atoms with Crippen molar-refractivity contribution in [1.82, 2.24) is 15.1 Å². The number of ether oxygens (including phenoxy) is 1. The molecule has 2 aliphatic heterocycles. The van der Waals surface area contributed by atoms with Gasteiger partial charge in [0.2, 0.25) is 0 Å². The van der Waals surface area contributed by atoms with Gasteiger partial charge in [0.05, 0.1) is 6.61 Å². The molecule has 2 rings (SSSR count). The molecule has 3 amide bonds. The number of nitrogens with zero attached hydrogens (tertiary/aromatic N) is 3. The van der Waals surface area contributed by atoms with Crippen LogP contribution in [-0.2, 0) is 9.53 Å². The number of fused-ring (bicyclic) bond motifs is 1. The summed E-state index contributed by atoms with van der Waals surface area (Å²) >= 11 is 1.66. The molecular formula is C14H24N4O3S. The Hall–Kier alpha value is -1.28. The average Bonchev–Trinajstić information content (AvgIpc) is 2.86. The number of unbranched alkanes of at least 4 members (excludes halogenated alkanes) is 2. The molecule has 0 aromatic carbocycles. The number of rotatable bonds is 7. The second-order valence-electron chi connectivity index (χ2n) is 5.42. The molecule has 8 heteroatoms. The van der Waals surface area contributed by atoms with E-state index in [1.165, 1.54) is 17.7 Å². The highest BCUT2D eigenvalue weighted by Crippen LogP contribution is 2.28. The summed E-state index contributed by atoms with van der Waals surface area (Å²) in [4.78, 5) is 32.0. The zero-order valence-electron chi connectivity index (χ0n) is 13.4. The van der Waals surface area contributed by atoms with Crippen molar-refractivity contribution in [2.24, 2.45) is 4.99 Å². The van der Waals surface area contributed by atoms with Crippen LogP contribution in [0.4, 0.5) is 4.79 Å². The van der Waals surface area contributed by atoms with Gasteiger partial charge in [0.15, 0.2) is 17.4 Å². The van der Waals surface area contributed by atoms with E-state index >= 15 is 0 Å². The lowest BCUT2D eigenvalue weighted by Gasteiger charge is -2.36. The maximum atomic E-state index is 12.2. The minimum absolute atomic E-state index is 0.280. The molecule has 22 heavy (non-hydrogen) atoms. The maximum absolute atomic E-state index is 12.2. The first kappa shape index (κ1) is 17.1. The third-order valence-corrected chi connectivity index (χ3v) is 4.93. The van der Waals surface area contributed by atoms with Crippen molar-refractivity contribution in [2.45, 2.75) is 38.4 Å². The number of amidine groups is 1. The molecule has 7 nitrogen and oxygen atoms in total. The minimum atomic E-state index is -0.452. The Balaban J connectivity index is 2.10. The Bertz CT molecular complexity index is 457. The summed E-state index contributed by atoms with van der Waals surface area (Å²) < 4.78 is 5.14. The van der Waals surface area contributed by atoms with Gasteiger partial charge in [-0.3, -0.25) is 10.1 Å². The number of hydrogen-bond acceptors (Lipinski definition) is 6. The summed E-state index contributed by atoms with van der Waals surface area (Å²) in [6, 6.07) is -0.842. The van der Waals surface area contributed by atoms with E-state index in [-0.39, 0.29) is 11.9 Å². The van der Waals surface area contributed by atoms with Crippen molar-refractivity contribution < 1.29 is 14.3 Å². The highest BCUT2D eigenvalue weighted by atomic mass is 32.2. The standard InChI is InChI=1S/C14H24N4O3S/c1-4-5-6-9-22-14-15-11-10(18(14)7-8-21-3)12(19)16-13(20)17(11)2/h10-11H,4-9H2,1-3H3,(H,16,19,20). The lowest BCUT2D eigenvalue weighted by atomic mass is 10.1. The average molecular weight is 328 g/mol. The highest BCUT2D eigenvalue weighted by molar-refractivity contribution is 8.13. The second-order valence-corrected chi connectivity index (χ2v) is 6.48. The van der Waals surface area contributed by atoms with Crippen molar-refractivity contribution in [3.05, 3.63) is 0 Å². The quantitative estimate of drug-likeness (QED) is 0.709. The van der Waals surface area contributed by atoms with Gasteiger partial charge in [0.25, 0.3) is 5.91 Å². The number of carbonyl (C=O) groups is 2. The molecule has 0 saturated carbocycles. The van der Waals surface area contributed by atoms with E-state index < -0.39 is 12.2 Å². The van der Waals surface area contributed by atoms with Gasteiger partial charge >= 0.3 is 6.03 Å². The predicted octanol–water partition coefficient (Wildman–Crippen LogP) is 1.10. The fraction of sp³-hybridized carbons (Fsp3) is 0.786. The topological polar surface area (TPSA) is 74.2 Å². The molecule has 0 aromatic heterocycles. The number of thioether (sulfide) groups is 1. The third-order valence-electron chi connectivity index (χ3n) is 3.84. The smallest absolute Gasteiger partial charge is 0.325 e. The molecule has 0 bridgehead atoms. The van der Waals surface area contributed by atoms with Gasteiger partial charge < -0.3 is 14.5 Å². The molecule has 0 radical (unpaired) electrons. The van der Waals surface area contributed by atoms with Crippen molar-refractivity contribution in [3.8, 4) is 0 Å². The monoisotopic (exact) mass is 328 g/mol. The number of urea groups is 1. The van der Waals surface area contributed by atoms with Crippen LogP contribution in [0, 0.1) is 0 Å². The molecule has 0 aromatic rings. The molecule has 1 N–H and O–H groups in total. The van der Waals surface area contributed by atoms with Crippen LogP contribution in [0.15, 0.2) is 4.99 Å². The molecule has 2 aliphatic rings. The van der Waals surface area contributed by atoms with Crippen molar-refractivity contribution in [2.75, 3.05) is 33.1 Å². The number of amides is 3. The van der Waals surface area contributed by atoms with Gasteiger partial charge in [-0.05, 0) is 6.42 Å². The normalized spacial score (nSPS) is 24.4. The van der Waals surface area contributed by atoms with Gasteiger partial charge in [0, 0.05) is 26.5 Å². The summed E-state index contributed by atoms with van der Waals surface area (Å²) in [5.74, 6) is 0.687. The first-order valence-corrected chi connectivity index (χ1v) is 8.62. The van der Waals surface area contributed by atoms with Crippen LogP contribution in [0.3, 0.4) is 0 Å². The Labute approximate surface area is 135 Å². The first-order chi connectivity index (χ1) is 10.6. The zero-order valence-corrected chi connectivity index (χ0v) is 14.2. The van der Waals surface area contributed by atoms with E-state index in [4.69, 9.17) is 4.74 Å². The zero-order chi connectivity index (χ0) is 16.1. The number of nitrogens with one attached hydrogen (secondary N) is 1. The van der Waals surface area contributed by atoms with Crippen molar-refractivity contribution in [3.63, 3.8) is 0 Å². The molecule has 2 unspecified atom stereocenters. The van der Waals surface area contributed by atoms with Crippen LogP contribution >= 0.6 is 11.8 Å². The Morgan fingerprint density at radius 3 is 2.82 bits per heavy atom. The molecule has 2 heterocycles. The molecule has 1 fully saturated rings. The lowest BCUT2D eigenvalue weighted by Crippen LogP contribution is -2.63. The Kier molecular flexibility index (Phi) is 6.07. The second kappa shape index (κ2) is 7.82. The summed E-state index contributed by atoms with van der Waals surface area (Å²) in [7, 11) is 3.30. The van der Waals surface area contributed by atoms with Crippen LogP contribution in [0.25, 0.3) is 0 Å². The molecule has 1 saturated heterocycles. The van der Waals surface area contributed by atoms with Crippen LogP contribution in [0.1, 0.15) is 26.2 Å². The van der Waals surface area contributed by atoms with E-state index in [0.29, 0.717) is 13.2 Å². The van der Waals surface area contributed by atoms with Crippen molar-refractivity contribution >= 4 is 28.9 Å². The van der Waals surface area contributed by atoms with Gasteiger partial charge in [0.1, 0.15) is 0 Å². The number of carbonyl (C=O) groups excluding carboxylic acids is 2. The van der Waals surface area contributed by atoms with Crippen LogP contribution in [0.2, 0.25) is 0 Å². The molecule has 0 spiro atoms. The highest BCUT2D eigenvalue weighted by Gasteiger charge is 2.48. The third kappa shape index (κ3) is 3.55. The lowest BCUT2D eigenvalue weighted by molar-refractivity contribution is -0.127. The number of methoxy groups -OCH3 is 1. The molecule has 0 aliphatic carbocycles. The first-order valence-electron chi connectivity index (χ1n) is 7.64. The number of aliphatic imine (C=N–C) groups is 1. The number of hydrogen-bond donors (Lipinski definition) is 1.